The molecular formula is C9H14N2O3. The summed E-state index contributed by atoms with van der Waals surface area (Å²) in [5.41, 5.74) is 6.40. The van der Waals surface area contributed by atoms with Crippen LogP contribution in [-0.2, 0) is 4.79 Å². The molecule has 1 aromatic rings. The fraction of sp³-hybridized carbons (Fsp3) is 0.556. The standard InChI is InChI=1S/C9H14N2O3/c1-5-3-8(11-14-5)6(2)7(10)4-9(12)13/h3,6-7H,4,10H2,1-2H3,(H,12,13). The number of hydrogen-bond acceptors (Lipinski definition) is 4. The highest BCUT2D eigenvalue weighted by Gasteiger charge is 2.20. The third-order valence-electron chi connectivity index (χ3n) is 2.17. The monoisotopic (exact) mass is 198 g/mol. The summed E-state index contributed by atoms with van der Waals surface area (Å²) >= 11 is 0. The molecule has 78 valence electrons. The first-order chi connectivity index (χ1) is 6.50. The van der Waals surface area contributed by atoms with Crippen molar-refractivity contribution in [2.45, 2.75) is 32.2 Å². The Hall–Kier alpha value is -1.36. The second-order valence-electron chi connectivity index (χ2n) is 3.41. The predicted molar refractivity (Wildman–Crippen MR) is 49.9 cm³/mol. The van der Waals surface area contributed by atoms with Gasteiger partial charge < -0.3 is 15.4 Å². The molecule has 0 amide bonds. The van der Waals surface area contributed by atoms with Crippen molar-refractivity contribution >= 4 is 5.97 Å². The summed E-state index contributed by atoms with van der Waals surface area (Å²) in [5, 5.41) is 12.4. The van der Waals surface area contributed by atoms with Crippen LogP contribution in [0.2, 0.25) is 0 Å². The predicted octanol–water partition coefficient (Wildman–Crippen LogP) is 0.889. The molecule has 0 bridgehead atoms. The number of nitrogens with two attached hydrogens (primary N) is 1. The fourth-order valence-corrected chi connectivity index (χ4v) is 1.20. The summed E-state index contributed by atoms with van der Waals surface area (Å²) in [4.78, 5) is 10.4. The van der Waals surface area contributed by atoms with Crippen LogP contribution < -0.4 is 5.73 Å². The third kappa shape index (κ3) is 2.56. The van der Waals surface area contributed by atoms with Crippen molar-refractivity contribution in [2.24, 2.45) is 5.73 Å². The smallest absolute Gasteiger partial charge is 0.304 e. The Morgan fingerprint density at radius 3 is 2.86 bits per heavy atom. The molecule has 5 heteroatoms. The van der Waals surface area contributed by atoms with Crippen molar-refractivity contribution in [1.82, 2.24) is 5.16 Å². The van der Waals surface area contributed by atoms with E-state index < -0.39 is 12.0 Å². The average molecular weight is 198 g/mol. The molecule has 14 heavy (non-hydrogen) atoms. The molecule has 3 N–H and O–H groups in total. The average Bonchev–Trinajstić information content (AvgIpc) is 2.49. The fourth-order valence-electron chi connectivity index (χ4n) is 1.20. The van der Waals surface area contributed by atoms with Crippen molar-refractivity contribution in [3.8, 4) is 0 Å². The first-order valence-corrected chi connectivity index (χ1v) is 4.41. The molecule has 0 aliphatic carbocycles. The van der Waals surface area contributed by atoms with E-state index in [-0.39, 0.29) is 12.3 Å². The van der Waals surface area contributed by atoms with Crippen LogP contribution in [-0.4, -0.2) is 22.3 Å². The van der Waals surface area contributed by atoms with Crippen LogP contribution in [0.4, 0.5) is 0 Å². The molecule has 0 saturated heterocycles. The molecular weight excluding hydrogens is 184 g/mol. The number of aromatic nitrogens is 1. The van der Waals surface area contributed by atoms with Gasteiger partial charge in [0.2, 0.25) is 0 Å². The van der Waals surface area contributed by atoms with Crippen molar-refractivity contribution < 1.29 is 14.4 Å². The lowest BCUT2D eigenvalue weighted by Crippen LogP contribution is -2.29. The SMILES string of the molecule is Cc1cc(C(C)C(N)CC(=O)O)no1. The lowest BCUT2D eigenvalue weighted by molar-refractivity contribution is -0.137. The Labute approximate surface area is 81.9 Å². The zero-order chi connectivity index (χ0) is 10.7. The Morgan fingerprint density at radius 2 is 2.43 bits per heavy atom. The van der Waals surface area contributed by atoms with Crippen LogP contribution in [0, 0.1) is 6.92 Å². The van der Waals surface area contributed by atoms with E-state index in [1.807, 2.05) is 6.92 Å². The van der Waals surface area contributed by atoms with Gasteiger partial charge >= 0.3 is 5.97 Å². The van der Waals surface area contributed by atoms with Crippen LogP contribution >= 0.6 is 0 Å². The van der Waals surface area contributed by atoms with Crippen molar-refractivity contribution in [1.29, 1.82) is 0 Å². The van der Waals surface area contributed by atoms with Gasteiger partial charge in [-0.2, -0.15) is 0 Å². The second kappa shape index (κ2) is 4.23. The van der Waals surface area contributed by atoms with E-state index in [1.165, 1.54) is 0 Å². The normalized spacial score (nSPS) is 15.1. The van der Waals surface area contributed by atoms with Gasteiger partial charge in [0.25, 0.3) is 0 Å². The lowest BCUT2D eigenvalue weighted by atomic mass is 9.96. The van der Waals surface area contributed by atoms with Gasteiger partial charge in [0.1, 0.15) is 5.76 Å². The first-order valence-electron chi connectivity index (χ1n) is 4.41. The van der Waals surface area contributed by atoms with Gasteiger partial charge in [-0.05, 0) is 6.92 Å². The van der Waals surface area contributed by atoms with Gasteiger partial charge in [-0.25, -0.2) is 0 Å². The molecule has 0 aromatic carbocycles. The van der Waals surface area contributed by atoms with E-state index in [2.05, 4.69) is 5.16 Å². The summed E-state index contributed by atoms with van der Waals surface area (Å²) in [6.07, 6.45) is -0.0624. The quantitative estimate of drug-likeness (QED) is 0.749. The zero-order valence-electron chi connectivity index (χ0n) is 8.23. The van der Waals surface area contributed by atoms with Crippen LogP contribution in [0.5, 0.6) is 0 Å². The lowest BCUT2D eigenvalue weighted by Gasteiger charge is -2.14. The Balaban J connectivity index is 2.65. The van der Waals surface area contributed by atoms with E-state index in [0.29, 0.717) is 11.5 Å². The van der Waals surface area contributed by atoms with E-state index in [4.69, 9.17) is 15.4 Å². The number of aryl methyl sites for hydroxylation is 1. The highest BCUT2D eigenvalue weighted by molar-refractivity contribution is 5.67. The number of carbonyl (C=O) groups is 1. The molecule has 1 rings (SSSR count). The minimum absolute atomic E-state index is 0.0624. The van der Waals surface area contributed by atoms with Crippen LogP contribution in [0.15, 0.2) is 10.6 Å². The molecule has 0 spiro atoms. The Kier molecular flexibility index (Phi) is 3.24. The minimum atomic E-state index is -0.899. The number of hydrogen-bond donors (Lipinski definition) is 2. The zero-order valence-corrected chi connectivity index (χ0v) is 8.23. The van der Waals surface area contributed by atoms with Gasteiger partial charge in [0.05, 0.1) is 12.1 Å². The molecule has 2 atom stereocenters. The number of carboxylic acid groups (broad SMARTS) is 1. The van der Waals surface area contributed by atoms with Crippen LogP contribution in [0.3, 0.4) is 0 Å². The molecule has 1 heterocycles. The minimum Gasteiger partial charge on any atom is -0.481 e. The number of rotatable bonds is 4. The van der Waals surface area contributed by atoms with E-state index in [1.54, 1.807) is 13.0 Å². The Bertz CT molecular complexity index is 322. The second-order valence-corrected chi connectivity index (χ2v) is 3.41. The van der Waals surface area contributed by atoms with E-state index in [9.17, 15) is 4.79 Å². The van der Waals surface area contributed by atoms with Gasteiger partial charge in [-0.3, -0.25) is 4.79 Å². The molecule has 0 aliphatic rings. The van der Waals surface area contributed by atoms with Gasteiger partial charge in [-0.15, -0.1) is 0 Å². The maximum Gasteiger partial charge on any atom is 0.304 e. The van der Waals surface area contributed by atoms with Crippen molar-refractivity contribution in [3.63, 3.8) is 0 Å². The molecule has 0 aliphatic heterocycles. The van der Waals surface area contributed by atoms with Gasteiger partial charge in [0, 0.05) is 18.0 Å². The summed E-state index contributed by atoms with van der Waals surface area (Å²) < 4.78 is 4.89. The largest absolute Gasteiger partial charge is 0.481 e. The highest BCUT2D eigenvalue weighted by Crippen LogP contribution is 2.19. The molecule has 0 radical (unpaired) electrons. The topological polar surface area (TPSA) is 89.4 Å². The third-order valence-corrected chi connectivity index (χ3v) is 2.17. The van der Waals surface area contributed by atoms with Crippen LogP contribution in [0.1, 0.15) is 30.7 Å². The number of carboxylic acids is 1. The molecule has 2 unspecified atom stereocenters. The first kappa shape index (κ1) is 10.7. The highest BCUT2D eigenvalue weighted by atomic mass is 16.5. The number of aliphatic carboxylic acids is 1. The summed E-state index contributed by atoms with van der Waals surface area (Å²) in [6.45, 7) is 3.62. The summed E-state index contributed by atoms with van der Waals surface area (Å²) in [5.74, 6) is -0.303. The van der Waals surface area contributed by atoms with Gasteiger partial charge in [0.15, 0.2) is 0 Å². The van der Waals surface area contributed by atoms with E-state index in [0.717, 1.165) is 0 Å². The Morgan fingerprint density at radius 1 is 1.79 bits per heavy atom. The van der Waals surface area contributed by atoms with Crippen LogP contribution in [0.25, 0.3) is 0 Å². The summed E-state index contributed by atoms with van der Waals surface area (Å²) in [7, 11) is 0. The number of nitrogens with zero attached hydrogens (tertiary/aromatic N) is 1. The maximum absolute atomic E-state index is 10.4. The van der Waals surface area contributed by atoms with Crippen molar-refractivity contribution in [2.75, 3.05) is 0 Å². The van der Waals surface area contributed by atoms with E-state index >= 15 is 0 Å². The maximum atomic E-state index is 10.4. The van der Waals surface area contributed by atoms with Crippen molar-refractivity contribution in [3.05, 3.63) is 17.5 Å². The molecule has 0 saturated carbocycles. The molecule has 5 nitrogen and oxygen atoms in total. The molecule has 0 fully saturated rings. The molecule has 1 aromatic heterocycles. The summed E-state index contributed by atoms with van der Waals surface area (Å²) in [6, 6.07) is 1.34. The van der Waals surface area contributed by atoms with Gasteiger partial charge in [-0.1, -0.05) is 12.1 Å².